The molecular weight excluding hydrogens is 278 g/mol. The molecule has 0 spiro atoms. The Bertz CT molecular complexity index is 614. The molecule has 2 atom stereocenters. The number of rotatable bonds is 2. The second-order valence-electron chi connectivity index (χ2n) is 5.89. The number of hydrogen-bond donors (Lipinski definition) is 0. The topological polar surface area (TPSA) is 45.1 Å². The van der Waals surface area contributed by atoms with E-state index in [1.165, 1.54) is 5.01 Å². The standard InChI is InChI=1S/C17H21N3O2/c1-12-9-19(10-13(2)22-12)11-16-14(3)18-20(17(16)21)15-7-5-4-6-8-15/h4-8,11-13H,9-10H2,1-3H3/b16-11-/t12-,13-/m1/s1. The lowest BCUT2D eigenvalue weighted by Crippen LogP contribution is -2.43. The van der Waals surface area contributed by atoms with Crippen LogP contribution in [0, 0.1) is 0 Å². The summed E-state index contributed by atoms with van der Waals surface area (Å²) in [6.45, 7) is 7.56. The Morgan fingerprint density at radius 1 is 1.18 bits per heavy atom. The van der Waals surface area contributed by atoms with Crippen molar-refractivity contribution in [3.63, 3.8) is 0 Å². The minimum atomic E-state index is -0.0736. The van der Waals surface area contributed by atoms with Crippen molar-refractivity contribution in [1.29, 1.82) is 0 Å². The first kappa shape index (κ1) is 14.8. The predicted octanol–water partition coefficient (Wildman–Crippen LogP) is 2.40. The maximum absolute atomic E-state index is 12.6. The maximum Gasteiger partial charge on any atom is 0.282 e. The molecule has 116 valence electrons. The van der Waals surface area contributed by atoms with Gasteiger partial charge in [-0.2, -0.15) is 10.1 Å². The summed E-state index contributed by atoms with van der Waals surface area (Å²) in [5.41, 5.74) is 2.20. The maximum atomic E-state index is 12.6. The van der Waals surface area contributed by atoms with Crippen LogP contribution in [-0.2, 0) is 9.53 Å². The normalized spacial score (nSPS) is 27.5. The van der Waals surface area contributed by atoms with E-state index in [4.69, 9.17) is 4.74 Å². The molecule has 0 saturated carbocycles. The smallest absolute Gasteiger partial charge is 0.282 e. The zero-order chi connectivity index (χ0) is 15.7. The number of morpholine rings is 1. The monoisotopic (exact) mass is 299 g/mol. The first-order valence-corrected chi connectivity index (χ1v) is 7.61. The molecule has 0 radical (unpaired) electrons. The van der Waals surface area contributed by atoms with Crippen LogP contribution in [0.25, 0.3) is 0 Å². The van der Waals surface area contributed by atoms with Gasteiger partial charge in [0, 0.05) is 19.3 Å². The molecule has 2 aliphatic rings. The molecule has 1 saturated heterocycles. The van der Waals surface area contributed by atoms with Crippen LogP contribution in [0.5, 0.6) is 0 Å². The van der Waals surface area contributed by atoms with E-state index < -0.39 is 0 Å². The molecule has 2 heterocycles. The fourth-order valence-corrected chi connectivity index (χ4v) is 2.92. The van der Waals surface area contributed by atoms with Crippen LogP contribution in [-0.4, -0.2) is 41.8 Å². The zero-order valence-corrected chi connectivity index (χ0v) is 13.2. The van der Waals surface area contributed by atoms with Gasteiger partial charge in [-0.05, 0) is 32.9 Å². The largest absolute Gasteiger partial charge is 0.372 e. The van der Waals surface area contributed by atoms with Crippen molar-refractivity contribution >= 4 is 17.3 Å². The minimum Gasteiger partial charge on any atom is -0.372 e. The Morgan fingerprint density at radius 3 is 2.45 bits per heavy atom. The highest BCUT2D eigenvalue weighted by Gasteiger charge is 2.30. The van der Waals surface area contributed by atoms with Gasteiger partial charge in [0.25, 0.3) is 5.91 Å². The summed E-state index contributed by atoms with van der Waals surface area (Å²) in [5.74, 6) is -0.0736. The molecule has 5 heteroatoms. The van der Waals surface area contributed by atoms with Crippen LogP contribution in [0.2, 0.25) is 0 Å². The lowest BCUT2D eigenvalue weighted by molar-refractivity contribution is -0.114. The number of hydrogen-bond acceptors (Lipinski definition) is 4. The SMILES string of the molecule is CC1=NN(c2ccccc2)C(=O)/C1=C\N1C[C@@H](C)O[C@H](C)C1. The molecule has 0 aliphatic carbocycles. The first-order chi connectivity index (χ1) is 10.5. The van der Waals surface area contributed by atoms with Crippen LogP contribution >= 0.6 is 0 Å². The number of ether oxygens (including phenoxy) is 1. The van der Waals surface area contributed by atoms with Crippen LogP contribution in [0.15, 0.2) is 47.2 Å². The van der Waals surface area contributed by atoms with Gasteiger partial charge in [0.2, 0.25) is 0 Å². The van der Waals surface area contributed by atoms with Gasteiger partial charge < -0.3 is 9.64 Å². The average molecular weight is 299 g/mol. The van der Waals surface area contributed by atoms with Crippen molar-refractivity contribution in [3.8, 4) is 0 Å². The first-order valence-electron chi connectivity index (χ1n) is 7.61. The molecule has 0 unspecified atom stereocenters. The second kappa shape index (κ2) is 5.93. The number of carbonyl (C=O) groups excluding carboxylic acids is 1. The summed E-state index contributed by atoms with van der Waals surface area (Å²) in [4.78, 5) is 14.8. The number of nitrogens with zero attached hydrogens (tertiary/aromatic N) is 3. The molecule has 0 bridgehead atoms. The summed E-state index contributed by atoms with van der Waals surface area (Å²) in [6.07, 6.45) is 2.26. The molecule has 22 heavy (non-hydrogen) atoms. The van der Waals surface area contributed by atoms with Crippen LogP contribution in [0.3, 0.4) is 0 Å². The van der Waals surface area contributed by atoms with Crippen molar-refractivity contribution in [2.24, 2.45) is 5.10 Å². The van der Waals surface area contributed by atoms with Crippen LogP contribution in [0.1, 0.15) is 20.8 Å². The van der Waals surface area contributed by atoms with Gasteiger partial charge in [-0.25, -0.2) is 0 Å². The summed E-state index contributed by atoms with van der Waals surface area (Å²) in [6, 6.07) is 9.50. The van der Waals surface area contributed by atoms with Gasteiger partial charge in [0.15, 0.2) is 0 Å². The number of para-hydroxylation sites is 1. The van der Waals surface area contributed by atoms with Crippen LogP contribution in [0.4, 0.5) is 5.69 Å². The van der Waals surface area contributed by atoms with Crippen molar-refractivity contribution in [1.82, 2.24) is 4.90 Å². The number of anilines is 1. The van der Waals surface area contributed by atoms with Crippen LogP contribution < -0.4 is 5.01 Å². The lowest BCUT2D eigenvalue weighted by Gasteiger charge is -2.34. The number of amides is 1. The Kier molecular flexibility index (Phi) is 3.98. The Balaban J connectivity index is 1.82. The quantitative estimate of drug-likeness (QED) is 0.788. The van der Waals surface area contributed by atoms with Crippen molar-refractivity contribution in [2.75, 3.05) is 18.1 Å². The number of benzene rings is 1. The fraction of sp³-hybridized carbons (Fsp3) is 0.412. The molecule has 0 aromatic heterocycles. The van der Waals surface area contributed by atoms with Crippen molar-refractivity contribution in [3.05, 3.63) is 42.1 Å². The summed E-state index contributed by atoms with van der Waals surface area (Å²) in [5, 5.41) is 5.87. The average Bonchev–Trinajstić information content (AvgIpc) is 2.75. The molecule has 1 aromatic rings. The van der Waals surface area contributed by atoms with E-state index in [2.05, 4.69) is 23.8 Å². The summed E-state index contributed by atoms with van der Waals surface area (Å²) in [7, 11) is 0. The molecule has 2 aliphatic heterocycles. The third-order valence-electron chi connectivity index (χ3n) is 3.82. The second-order valence-corrected chi connectivity index (χ2v) is 5.89. The van der Waals surface area contributed by atoms with E-state index >= 15 is 0 Å². The molecular formula is C17H21N3O2. The van der Waals surface area contributed by atoms with Crippen molar-refractivity contribution in [2.45, 2.75) is 33.0 Å². The highest BCUT2D eigenvalue weighted by molar-refractivity contribution is 6.29. The van der Waals surface area contributed by atoms with Gasteiger partial charge in [0.1, 0.15) is 0 Å². The van der Waals surface area contributed by atoms with E-state index in [1.807, 2.05) is 43.5 Å². The molecule has 1 amide bonds. The lowest BCUT2D eigenvalue weighted by atomic mass is 10.1. The Labute approximate surface area is 130 Å². The number of hydrazone groups is 1. The Morgan fingerprint density at radius 2 is 1.82 bits per heavy atom. The van der Waals surface area contributed by atoms with Crippen molar-refractivity contribution < 1.29 is 9.53 Å². The summed E-state index contributed by atoms with van der Waals surface area (Å²) < 4.78 is 5.73. The molecule has 1 aromatic carbocycles. The highest BCUT2D eigenvalue weighted by atomic mass is 16.5. The van der Waals surface area contributed by atoms with Gasteiger partial charge in [-0.3, -0.25) is 4.79 Å². The summed E-state index contributed by atoms with van der Waals surface area (Å²) >= 11 is 0. The van der Waals surface area contributed by atoms with E-state index in [9.17, 15) is 4.79 Å². The highest BCUT2D eigenvalue weighted by Crippen LogP contribution is 2.24. The Hall–Kier alpha value is -2.14. The third kappa shape index (κ3) is 2.90. The van der Waals surface area contributed by atoms with Gasteiger partial charge in [-0.1, -0.05) is 18.2 Å². The minimum absolute atomic E-state index is 0.0736. The van der Waals surface area contributed by atoms with E-state index in [-0.39, 0.29) is 18.1 Å². The third-order valence-corrected chi connectivity index (χ3v) is 3.82. The number of carbonyl (C=O) groups is 1. The zero-order valence-electron chi connectivity index (χ0n) is 13.2. The van der Waals surface area contributed by atoms with E-state index in [0.29, 0.717) is 5.57 Å². The van der Waals surface area contributed by atoms with Gasteiger partial charge in [0.05, 0.1) is 29.2 Å². The predicted molar refractivity (Wildman–Crippen MR) is 86.7 cm³/mol. The molecule has 0 N–H and O–H groups in total. The molecule has 1 fully saturated rings. The van der Waals surface area contributed by atoms with Gasteiger partial charge in [-0.15, -0.1) is 0 Å². The molecule has 5 nitrogen and oxygen atoms in total. The fourth-order valence-electron chi connectivity index (χ4n) is 2.92. The molecule has 3 rings (SSSR count). The van der Waals surface area contributed by atoms with E-state index in [0.717, 1.165) is 24.5 Å². The van der Waals surface area contributed by atoms with Gasteiger partial charge >= 0.3 is 0 Å². The van der Waals surface area contributed by atoms with E-state index in [1.54, 1.807) is 0 Å².